The summed E-state index contributed by atoms with van der Waals surface area (Å²) >= 11 is 5.92. The number of anilines is 1. The van der Waals surface area contributed by atoms with Gasteiger partial charge in [0, 0.05) is 27.9 Å². The molecule has 1 N–H and O–H groups in total. The van der Waals surface area contributed by atoms with Crippen LogP contribution >= 0.6 is 11.6 Å². The first-order valence-corrected chi connectivity index (χ1v) is 11.2. The minimum atomic E-state index is -0.215. The van der Waals surface area contributed by atoms with Crippen molar-refractivity contribution in [2.45, 2.75) is 38.5 Å². The molecule has 31 heavy (non-hydrogen) atoms. The van der Waals surface area contributed by atoms with Crippen LogP contribution in [0, 0.1) is 17.7 Å². The average Bonchev–Trinajstić information content (AvgIpc) is 3.33. The first kappa shape index (κ1) is 20.2. The van der Waals surface area contributed by atoms with Crippen molar-refractivity contribution >= 4 is 34.1 Å². The van der Waals surface area contributed by atoms with E-state index in [4.69, 9.17) is 11.6 Å². The number of hydrogen-bond acceptors (Lipinski definition) is 2. The van der Waals surface area contributed by atoms with Crippen molar-refractivity contribution in [3.63, 3.8) is 0 Å². The first-order valence-electron chi connectivity index (χ1n) is 10.8. The zero-order valence-corrected chi connectivity index (χ0v) is 18.1. The molecular weight excluding hydrogens is 411 g/mol. The van der Waals surface area contributed by atoms with Crippen LogP contribution < -0.4 is 5.32 Å². The summed E-state index contributed by atoms with van der Waals surface area (Å²) in [6.45, 7) is 1.93. The summed E-state index contributed by atoms with van der Waals surface area (Å²) in [4.78, 5) is 17.1. The summed E-state index contributed by atoms with van der Waals surface area (Å²) in [5, 5.41) is 4.55. The number of nitrogens with zero attached hydrogens (tertiary/aromatic N) is 1. The minimum absolute atomic E-state index is 0.0375. The molecular formula is C26H24ClFN2O. The molecule has 2 saturated carbocycles. The van der Waals surface area contributed by atoms with Gasteiger partial charge in [0.25, 0.3) is 5.91 Å². The van der Waals surface area contributed by atoms with E-state index in [0.717, 1.165) is 47.8 Å². The molecule has 3 atom stereocenters. The van der Waals surface area contributed by atoms with Crippen molar-refractivity contribution in [2.24, 2.45) is 11.8 Å². The van der Waals surface area contributed by atoms with Gasteiger partial charge in [0.15, 0.2) is 0 Å². The summed E-state index contributed by atoms with van der Waals surface area (Å²) in [7, 11) is 0. The maximum absolute atomic E-state index is 13.8. The second-order valence-corrected chi connectivity index (χ2v) is 9.28. The van der Waals surface area contributed by atoms with E-state index in [1.807, 2.05) is 25.3 Å². The Labute approximate surface area is 186 Å². The van der Waals surface area contributed by atoms with Crippen LogP contribution in [0.3, 0.4) is 0 Å². The molecule has 158 valence electrons. The Morgan fingerprint density at radius 2 is 1.77 bits per heavy atom. The molecule has 3 aromatic rings. The summed E-state index contributed by atoms with van der Waals surface area (Å²) < 4.78 is 13.8. The number of carbonyl (C=O) groups excluding carboxylic acids is 1. The van der Waals surface area contributed by atoms with Gasteiger partial charge >= 0.3 is 0 Å². The number of amides is 1. The quantitative estimate of drug-likeness (QED) is 0.456. The molecule has 5 heteroatoms. The van der Waals surface area contributed by atoms with E-state index >= 15 is 0 Å². The van der Waals surface area contributed by atoms with E-state index < -0.39 is 0 Å². The third-order valence-electron chi connectivity index (χ3n) is 7.01. The summed E-state index contributed by atoms with van der Waals surface area (Å²) in [6, 6.07) is 14.1. The fraction of sp³-hybridized carbons (Fsp3) is 0.308. The highest BCUT2D eigenvalue weighted by atomic mass is 35.5. The summed E-state index contributed by atoms with van der Waals surface area (Å²) in [5.41, 5.74) is 4.92. The van der Waals surface area contributed by atoms with Crippen LogP contribution in [0.5, 0.6) is 0 Å². The third kappa shape index (κ3) is 3.97. The molecule has 1 amide bonds. The van der Waals surface area contributed by atoms with Crippen LogP contribution in [0.1, 0.15) is 44.1 Å². The van der Waals surface area contributed by atoms with Gasteiger partial charge in [-0.3, -0.25) is 9.78 Å². The molecule has 2 aliphatic rings. The molecule has 2 aromatic carbocycles. The van der Waals surface area contributed by atoms with Crippen molar-refractivity contribution in [3.05, 3.63) is 82.3 Å². The molecule has 0 saturated heterocycles. The van der Waals surface area contributed by atoms with Crippen molar-refractivity contribution in [1.82, 2.24) is 4.98 Å². The highest BCUT2D eigenvalue weighted by molar-refractivity contribution is 6.30. The second-order valence-electron chi connectivity index (χ2n) is 8.85. The fourth-order valence-electron chi connectivity index (χ4n) is 5.40. The number of rotatable bonds is 3. The van der Waals surface area contributed by atoms with Gasteiger partial charge in [-0.15, -0.1) is 0 Å². The van der Waals surface area contributed by atoms with E-state index in [1.165, 1.54) is 17.2 Å². The van der Waals surface area contributed by atoms with Crippen LogP contribution in [0.25, 0.3) is 10.9 Å². The van der Waals surface area contributed by atoms with E-state index in [0.29, 0.717) is 22.8 Å². The Morgan fingerprint density at radius 1 is 1.06 bits per heavy atom. The van der Waals surface area contributed by atoms with Crippen LogP contribution in [0.4, 0.5) is 10.1 Å². The molecule has 2 aliphatic carbocycles. The predicted molar refractivity (Wildman–Crippen MR) is 123 cm³/mol. The van der Waals surface area contributed by atoms with Crippen LogP contribution in [0.2, 0.25) is 5.02 Å². The van der Waals surface area contributed by atoms with E-state index in [-0.39, 0.29) is 11.7 Å². The lowest BCUT2D eigenvalue weighted by Gasteiger charge is -2.15. The van der Waals surface area contributed by atoms with Gasteiger partial charge in [0.2, 0.25) is 0 Å². The molecule has 2 fully saturated rings. The number of nitrogens with one attached hydrogen (secondary N) is 1. The highest BCUT2D eigenvalue weighted by Crippen LogP contribution is 2.53. The van der Waals surface area contributed by atoms with Gasteiger partial charge in [0.1, 0.15) is 5.82 Å². The normalized spacial score (nSPS) is 24.3. The van der Waals surface area contributed by atoms with E-state index in [2.05, 4.69) is 16.4 Å². The number of hydrogen-bond donors (Lipinski definition) is 1. The minimum Gasteiger partial charge on any atom is -0.322 e. The van der Waals surface area contributed by atoms with Crippen molar-refractivity contribution < 1.29 is 9.18 Å². The molecule has 1 unspecified atom stereocenters. The zero-order valence-electron chi connectivity index (χ0n) is 17.4. The number of halogens is 2. The van der Waals surface area contributed by atoms with Gasteiger partial charge < -0.3 is 5.32 Å². The van der Waals surface area contributed by atoms with Crippen LogP contribution in [-0.2, 0) is 4.79 Å². The van der Waals surface area contributed by atoms with Gasteiger partial charge in [-0.1, -0.05) is 17.2 Å². The topological polar surface area (TPSA) is 42.0 Å². The van der Waals surface area contributed by atoms with Crippen molar-refractivity contribution in [2.75, 3.05) is 5.32 Å². The molecule has 1 heterocycles. The lowest BCUT2D eigenvalue weighted by molar-refractivity contribution is -0.112. The second kappa shape index (κ2) is 8.08. The molecule has 3 nitrogen and oxygen atoms in total. The Balaban J connectivity index is 1.30. The smallest absolute Gasteiger partial charge is 0.251 e. The maximum Gasteiger partial charge on any atom is 0.251 e. The lowest BCUT2D eigenvalue weighted by atomic mass is 9.91. The Bertz CT molecular complexity index is 1170. The maximum atomic E-state index is 13.8. The van der Waals surface area contributed by atoms with Crippen LogP contribution in [-0.4, -0.2) is 10.9 Å². The van der Waals surface area contributed by atoms with Crippen molar-refractivity contribution in [3.8, 4) is 0 Å². The molecule has 0 spiro atoms. The number of benzene rings is 2. The Kier molecular flexibility index (Phi) is 5.27. The Hall–Kier alpha value is -2.72. The third-order valence-corrected chi connectivity index (χ3v) is 7.26. The van der Waals surface area contributed by atoms with Crippen LogP contribution in [0.15, 0.2) is 65.9 Å². The van der Waals surface area contributed by atoms with Crippen molar-refractivity contribution in [1.29, 1.82) is 0 Å². The predicted octanol–water partition coefficient (Wildman–Crippen LogP) is 6.89. The monoisotopic (exact) mass is 434 g/mol. The standard InChI is InChI=1S/C26H24ClFN2O/c1-15(26(31)30-22-5-2-20(27)3-6-22)16-10-17-12-19(13-18(17)11-16)23-8-9-29-25-7-4-21(28)14-24(23)25/h2-9,14,17-19H,10-13H2,1H3,(H,30,31)/t17-,18+,19?. The highest BCUT2D eigenvalue weighted by Gasteiger charge is 2.41. The lowest BCUT2D eigenvalue weighted by Crippen LogP contribution is -2.14. The molecule has 0 radical (unpaired) electrons. The number of aromatic nitrogens is 1. The molecule has 0 aliphatic heterocycles. The largest absolute Gasteiger partial charge is 0.322 e. The molecule has 0 bridgehead atoms. The number of allylic oxidation sites excluding steroid dienone is 1. The van der Waals surface area contributed by atoms with E-state index in [9.17, 15) is 9.18 Å². The molecule has 5 rings (SSSR count). The van der Waals surface area contributed by atoms with Gasteiger partial charge in [-0.2, -0.15) is 0 Å². The SMILES string of the molecule is CC(C(=O)Nc1ccc(Cl)cc1)=C1C[C@@H]2CC(c3ccnc4ccc(F)cc34)C[C@@H]2C1. The summed E-state index contributed by atoms with van der Waals surface area (Å²) in [6.07, 6.45) is 5.93. The molecule has 1 aromatic heterocycles. The number of fused-ring (bicyclic) bond motifs is 2. The van der Waals surface area contributed by atoms with Gasteiger partial charge in [-0.25, -0.2) is 4.39 Å². The summed E-state index contributed by atoms with van der Waals surface area (Å²) in [5.74, 6) is 1.33. The zero-order chi connectivity index (χ0) is 21.5. The van der Waals surface area contributed by atoms with Gasteiger partial charge in [-0.05, 0) is 104 Å². The fourth-order valence-corrected chi connectivity index (χ4v) is 5.53. The number of pyridine rings is 1. The Morgan fingerprint density at radius 3 is 2.48 bits per heavy atom. The number of carbonyl (C=O) groups is 1. The van der Waals surface area contributed by atoms with E-state index in [1.54, 1.807) is 24.3 Å². The van der Waals surface area contributed by atoms with Gasteiger partial charge in [0.05, 0.1) is 5.52 Å². The average molecular weight is 435 g/mol. The first-order chi connectivity index (χ1) is 15.0.